The number of nitrogens with one attached hydrogen (secondary N) is 1. The smallest absolute Gasteiger partial charge is 0.234 e. The van der Waals surface area contributed by atoms with E-state index in [1.54, 1.807) is 0 Å². The van der Waals surface area contributed by atoms with Gasteiger partial charge in [0.15, 0.2) is 5.16 Å². The van der Waals surface area contributed by atoms with Crippen molar-refractivity contribution in [3.63, 3.8) is 0 Å². The highest BCUT2D eigenvalue weighted by Gasteiger charge is 2.23. The maximum Gasteiger partial charge on any atom is 0.234 e. The molecule has 140 valence electrons. The van der Waals surface area contributed by atoms with Gasteiger partial charge in [0.25, 0.3) is 0 Å². The van der Waals surface area contributed by atoms with Gasteiger partial charge in [-0.2, -0.15) is 0 Å². The molecule has 5 nitrogen and oxygen atoms in total. The molecule has 1 fully saturated rings. The number of hydrogen-bond donors (Lipinski definition) is 1. The van der Waals surface area contributed by atoms with Gasteiger partial charge in [-0.05, 0) is 37.8 Å². The molecule has 1 saturated carbocycles. The number of benzene rings is 1. The van der Waals surface area contributed by atoms with Crippen LogP contribution in [0.1, 0.15) is 63.3 Å². The first kappa shape index (κ1) is 19.0. The van der Waals surface area contributed by atoms with Crippen LogP contribution >= 0.6 is 11.8 Å². The highest BCUT2D eigenvalue weighted by Crippen LogP contribution is 2.33. The van der Waals surface area contributed by atoms with Crippen molar-refractivity contribution in [3.05, 3.63) is 35.7 Å². The van der Waals surface area contributed by atoms with Crippen LogP contribution in [0.2, 0.25) is 0 Å². The van der Waals surface area contributed by atoms with Crippen molar-refractivity contribution in [2.24, 2.45) is 0 Å². The topological polar surface area (TPSA) is 59.8 Å². The normalized spacial score (nSPS) is 15.2. The average molecular weight is 373 g/mol. The van der Waals surface area contributed by atoms with Crippen molar-refractivity contribution in [3.8, 4) is 0 Å². The van der Waals surface area contributed by atoms with Gasteiger partial charge in [-0.15, -0.1) is 10.2 Å². The van der Waals surface area contributed by atoms with Crippen LogP contribution in [-0.2, 0) is 17.8 Å². The molecule has 1 aromatic heterocycles. The van der Waals surface area contributed by atoms with Gasteiger partial charge in [0, 0.05) is 18.2 Å². The lowest BCUT2D eigenvalue weighted by Gasteiger charge is -2.21. The molecule has 0 radical (unpaired) electrons. The minimum Gasteiger partial charge on any atom is -0.325 e. The van der Waals surface area contributed by atoms with Gasteiger partial charge >= 0.3 is 0 Å². The molecule has 0 unspecified atom stereocenters. The van der Waals surface area contributed by atoms with Crippen LogP contribution in [0.15, 0.2) is 29.4 Å². The van der Waals surface area contributed by atoms with Gasteiger partial charge in [0.2, 0.25) is 5.91 Å². The first-order chi connectivity index (χ1) is 12.7. The third-order valence-electron chi connectivity index (χ3n) is 5.04. The van der Waals surface area contributed by atoms with Crippen molar-refractivity contribution in [2.75, 3.05) is 11.1 Å². The van der Waals surface area contributed by atoms with E-state index in [9.17, 15) is 4.79 Å². The summed E-state index contributed by atoms with van der Waals surface area (Å²) in [4.78, 5) is 12.4. The number of anilines is 1. The average Bonchev–Trinajstić information content (AvgIpc) is 3.10. The lowest BCUT2D eigenvalue weighted by atomic mass is 9.89. The Morgan fingerprint density at radius 1 is 1.19 bits per heavy atom. The van der Waals surface area contributed by atoms with Gasteiger partial charge in [-0.3, -0.25) is 4.79 Å². The predicted octanol–water partition coefficient (Wildman–Crippen LogP) is 4.64. The summed E-state index contributed by atoms with van der Waals surface area (Å²) >= 11 is 1.47. The van der Waals surface area contributed by atoms with E-state index in [2.05, 4.69) is 33.9 Å². The molecular weight excluding hydrogens is 344 g/mol. The largest absolute Gasteiger partial charge is 0.325 e. The quantitative estimate of drug-likeness (QED) is 0.719. The molecule has 1 N–H and O–H groups in total. The van der Waals surface area contributed by atoms with Gasteiger partial charge in [0.1, 0.15) is 5.82 Å². The van der Waals surface area contributed by atoms with Crippen LogP contribution in [0, 0.1) is 0 Å². The highest BCUT2D eigenvalue weighted by molar-refractivity contribution is 7.99. The molecule has 1 aliphatic carbocycles. The van der Waals surface area contributed by atoms with Crippen LogP contribution in [0.25, 0.3) is 0 Å². The molecule has 1 aliphatic rings. The Kier molecular flexibility index (Phi) is 6.72. The molecule has 0 bridgehead atoms. The summed E-state index contributed by atoms with van der Waals surface area (Å²) < 4.78 is 2.19. The van der Waals surface area contributed by atoms with E-state index in [1.807, 2.05) is 24.3 Å². The number of aryl methyl sites for hydroxylation is 1. The molecule has 0 saturated heterocycles. The van der Waals surface area contributed by atoms with E-state index >= 15 is 0 Å². The lowest BCUT2D eigenvalue weighted by Crippen LogP contribution is -2.16. The van der Waals surface area contributed by atoms with Gasteiger partial charge in [-0.25, -0.2) is 0 Å². The van der Waals surface area contributed by atoms with Crippen LogP contribution in [0.4, 0.5) is 5.69 Å². The molecule has 2 aromatic rings. The van der Waals surface area contributed by atoms with Crippen molar-refractivity contribution in [2.45, 2.75) is 70.0 Å². The maximum atomic E-state index is 12.4. The summed E-state index contributed by atoms with van der Waals surface area (Å²) in [5.74, 6) is 1.98. The van der Waals surface area contributed by atoms with E-state index < -0.39 is 0 Å². The fraction of sp³-hybridized carbons (Fsp3) is 0.550. The third kappa shape index (κ3) is 4.47. The summed E-state index contributed by atoms with van der Waals surface area (Å²) in [5, 5.41) is 12.7. The standard InChI is InChI=1S/C20H28N4OS/c1-3-15-10-8-9-13-17(15)21-18(25)14-26-20-23-22-19(24(20)4-2)16-11-6-5-7-12-16/h8-10,13,16H,3-7,11-12,14H2,1-2H3,(H,21,25). The fourth-order valence-corrected chi connectivity index (χ4v) is 4.44. The second kappa shape index (κ2) is 9.21. The summed E-state index contributed by atoms with van der Waals surface area (Å²) in [6.07, 6.45) is 7.20. The molecule has 0 aliphatic heterocycles. The van der Waals surface area contributed by atoms with Crippen molar-refractivity contribution < 1.29 is 4.79 Å². The Morgan fingerprint density at radius 3 is 2.69 bits per heavy atom. The van der Waals surface area contributed by atoms with E-state index in [0.717, 1.165) is 35.2 Å². The Bertz CT molecular complexity index is 737. The van der Waals surface area contributed by atoms with Crippen LogP contribution < -0.4 is 5.32 Å². The number of carbonyl (C=O) groups is 1. The molecule has 6 heteroatoms. The summed E-state index contributed by atoms with van der Waals surface area (Å²) in [6, 6.07) is 7.95. The summed E-state index contributed by atoms with van der Waals surface area (Å²) in [6.45, 7) is 5.06. The van der Waals surface area contributed by atoms with E-state index in [0.29, 0.717) is 11.7 Å². The fourth-order valence-electron chi connectivity index (χ4n) is 3.63. The monoisotopic (exact) mass is 372 g/mol. The zero-order valence-corrected chi connectivity index (χ0v) is 16.5. The molecule has 1 heterocycles. The first-order valence-electron chi connectivity index (χ1n) is 9.66. The molecule has 3 rings (SSSR count). The minimum atomic E-state index is 0.000712. The van der Waals surface area contributed by atoms with E-state index in [1.165, 1.54) is 43.9 Å². The first-order valence-corrected chi connectivity index (χ1v) is 10.6. The van der Waals surface area contributed by atoms with Crippen LogP contribution in [0.3, 0.4) is 0 Å². The number of nitrogens with zero attached hydrogens (tertiary/aromatic N) is 3. The second-order valence-electron chi connectivity index (χ2n) is 6.77. The SMILES string of the molecule is CCc1ccccc1NC(=O)CSc1nnc(C2CCCCC2)n1CC. The number of carbonyl (C=O) groups excluding carboxylic acids is 1. The number of thioether (sulfide) groups is 1. The van der Waals surface area contributed by atoms with Crippen molar-refractivity contribution >= 4 is 23.4 Å². The molecule has 1 amide bonds. The summed E-state index contributed by atoms with van der Waals surface area (Å²) in [7, 11) is 0. The van der Waals surface area contributed by atoms with Crippen molar-refractivity contribution in [1.82, 2.24) is 14.8 Å². The number of para-hydroxylation sites is 1. The Balaban J connectivity index is 1.62. The Labute approximate surface area is 160 Å². The lowest BCUT2D eigenvalue weighted by molar-refractivity contribution is -0.113. The number of rotatable bonds is 7. The molecular formula is C20H28N4OS. The minimum absolute atomic E-state index is 0.000712. The maximum absolute atomic E-state index is 12.4. The van der Waals surface area contributed by atoms with Gasteiger partial charge < -0.3 is 9.88 Å². The zero-order chi connectivity index (χ0) is 18.4. The second-order valence-corrected chi connectivity index (χ2v) is 7.71. The van der Waals surface area contributed by atoms with E-state index in [-0.39, 0.29) is 5.91 Å². The molecule has 0 spiro atoms. The summed E-state index contributed by atoms with van der Waals surface area (Å²) in [5.41, 5.74) is 2.06. The zero-order valence-electron chi connectivity index (χ0n) is 15.7. The van der Waals surface area contributed by atoms with E-state index in [4.69, 9.17) is 0 Å². The molecule has 26 heavy (non-hydrogen) atoms. The predicted molar refractivity (Wildman–Crippen MR) is 107 cm³/mol. The molecule has 1 aromatic carbocycles. The van der Waals surface area contributed by atoms with Crippen molar-refractivity contribution in [1.29, 1.82) is 0 Å². The third-order valence-corrected chi connectivity index (χ3v) is 6.00. The number of aromatic nitrogens is 3. The molecule has 0 atom stereocenters. The van der Waals surface area contributed by atoms with Gasteiger partial charge in [-0.1, -0.05) is 56.1 Å². The Hall–Kier alpha value is -1.82. The number of hydrogen-bond acceptors (Lipinski definition) is 4. The number of amides is 1. The van der Waals surface area contributed by atoms with Crippen LogP contribution in [0.5, 0.6) is 0 Å². The van der Waals surface area contributed by atoms with Crippen LogP contribution in [-0.4, -0.2) is 26.4 Å². The highest BCUT2D eigenvalue weighted by atomic mass is 32.2. The Morgan fingerprint density at radius 2 is 1.96 bits per heavy atom. The van der Waals surface area contributed by atoms with Gasteiger partial charge in [0.05, 0.1) is 5.75 Å².